The van der Waals surface area contributed by atoms with Crippen molar-refractivity contribution in [3.8, 4) is 11.3 Å². The number of nitrogens with zero attached hydrogens (tertiary/aromatic N) is 1. The van der Waals surface area contributed by atoms with E-state index in [9.17, 15) is 9.90 Å². The van der Waals surface area contributed by atoms with E-state index in [1.807, 2.05) is 42.5 Å². The van der Waals surface area contributed by atoms with Gasteiger partial charge in [0.2, 0.25) is 0 Å². The van der Waals surface area contributed by atoms with Crippen molar-refractivity contribution in [2.45, 2.75) is 13.5 Å². The average molecular weight is 524 g/mol. The minimum atomic E-state index is -0.176. The molecule has 0 unspecified atom stereocenters. The molecule has 3 rings (SSSR count). The molecule has 0 saturated heterocycles. The Morgan fingerprint density at radius 3 is 2.73 bits per heavy atom. The van der Waals surface area contributed by atoms with E-state index in [4.69, 9.17) is 4.98 Å². The van der Waals surface area contributed by atoms with Gasteiger partial charge in [-0.05, 0) is 29.5 Å². The topological polar surface area (TPSA) is 62.2 Å². The van der Waals surface area contributed by atoms with E-state index in [-0.39, 0.29) is 38.2 Å². The van der Waals surface area contributed by atoms with Crippen molar-refractivity contribution in [1.29, 1.82) is 0 Å². The van der Waals surface area contributed by atoms with E-state index in [1.54, 1.807) is 0 Å². The molecule has 5 heteroatoms. The molecule has 1 aromatic heterocycles. The fourth-order valence-corrected chi connectivity index (χ4v) is 2.69. The summed E-state index contributed by atoms with van der Waals surface area (Å²) in [6, 6.07) is 21.1. The number of hydrogen-bond acceptors (Lipinski definition) is 4. The van der Waals surface area contributed by atoms with Crippen LogP contribution >= 0.6 is 0 Å². The van der Waals surface area contributed by atoms with Gasteiger partial charge in [0.15, 0.2) is 5.78 Å². The molecule has 3 aromatic rings. The average Bonchev–Trinajstić information content (AvgIpc) is 2.61. The molecular weight excluding hydrogens is 504 g/mol. The third-order valence-corrected chi connectivity index (χ3v) is 3.74. The van der Waals surface area contributed by atoms with Gasteiger partial charge in [-0.1, -0.05) is 24.3 Å². The Bertz CT molecular complexity index is 924. The molecule has 1 heterocycles. The van der Waals surface area contributed by atoms with Gasteiger partial charge < -0.3 is 10.4 Å². The van der Waals surface area contributed by atoms with Crippen molar-refractivity contribution < 1.29 is 30.0 Å². The number of carbonyl (C=O) groups excluding carboxylic acids is 1. The molecule has 4 nitrogen and oxygen atoms in total. The van der Waals surface area contributed by atoms with Crippen LogP contribution in [0.3, 0.4) is 0 Å². The van der Waals surface area contributed by atoms with Crippen molar-refractivity contribution >= 4 is 16.6 Å². The van der Waals surface area contributed by atoms with Crippen LogP contribution < -0.4 is 5.32 Å². The maximum absolute atomic E-state index is 11.0. The van der Waals surface area contributed by atoms with Crippen molar-refractivity contribution in [2.24, 2.45) is 0 Å². The number of ketones is 1. The maximum atomic E-state index is 11.0. The van der Waals surface area contributed by atoms with E-state index in [0.717, 1.165) is 27.7 Å². The van der Waals surface area contributed by atoms with Crippen LogP contribution in [0.1, 0.15) is 12.6 Å². The van der Waals surface area contributed by atoms with E-state index < -0.39 is 0 Å². The number of nitrogens with one attached hydrogen (secondary N) is 1. The van der Waals surface area contributed by atoms with Crippen molar-refractivity contribution in [2.75, 3.05) is 6.54 Å². The van der Waals surface area contributed by atoms with Gasteiger partial charge in [0.25, 0.3) is 0 Å². The number of aliphatic hydroxyl groups excluding tert-OH is 1. The zero-order valence-corrected chi connectivity index (χ0v) is 16.7. The van der Waals surface area contributed by atoms with E-state index in [1.165, 1.54) is 13.0 Å². The number of hydrogen-bond donors (Lipinski definition) is 2. The van der Waals surface area contributed by atoms with Crippen LogP contribution in [0.2, 0.25) is 0 Å². The maximum Gasteiger partial charge on any atom is 0.155 e. The molecule has 0 aliphatic heterocycles. The number of fused-ring (bicyclic) bond motifs is 1. The van der Waals surface area contributed by atoms with Crippen LogP contribution in [0.4, 0.5) is 0 Å². The second-order valence-electron chi connectivity index (χ2n) is 5.81. The number of aromatic nitrogens is 1. The van der Waals surface area contributed by atoms with Crippen LogP contribution in [-0.4, -0.2) is 22.4 Å². The molecule has 0 fully saturated rings. The second-order valence-corrected chi connectivity index (χ2v) is 5.81. The largest absolute Gasteiger partial charge is 0.511 e. The summed E-state index contributed by atoms with van der Waals surface area (Å²) >= 11 is 0. The summed E-state index contributed by atoms with van der Waals surface area (Å²) in [6.07, 6.45) is 1.21. The van der Waals surface area contributed by atoms with Gasteiger partial charge in [-0.3, -0.25) is 9.78 Å². The first-order valence-electron chi connectivity index (χ1n) is 8.10. The number of carbonyl (C=O) groups is 1. The summed E-state index contributed by atoms with van der Waals surface area (Å²) in [5.74, 6) is -0.157. The van der Waals surface area contributed by atoms with Gasteiger partial charge in [-0.25, -0.2) is 0 Å². The Hall–Kier alpha value is -2.33. The van der Waals surface area contributed by atoms with Gasteiger partial charge in [0, 0.05) is 38.4 Å². The molecule has 0 atom stereocenters. The molecule has 0 amide bonds. The van der Waals surface area contributed by atoms with E-state index in [0.29, 0.717) is 6.54 Å². The number of rotatable bonds is 6. The fraction of sp³-hybridized carbons (Fsp3) is 0.143. The Kier molecular flexibility index (Phi) is 7.22. The van der Waals surface area contributed by atoms with E-state index in [2.05, 4.69) is 23.5 Å². The number of benzene rings is 2. The van der Waals surface area contributed by atoms with E-state index >= 15 is 0 Å². The van der Waals surface area contributed by atoms with Gasteiger partial charge in [0.1, 0.15) is 5.76 Å². The number of pyridine rings is 1. The summed E-state index contributed by atoms with van der Waals surface area (Å²) in [6.45, 7) is 2.12. The minimum absolute atomic E-state index is 0. The molecule has 0 aliphatic carbocycles. The third-order valence-electron chi connectivity index (χ3n) is 3.74. The van der Waals surface area contributed by atoms with Crippen LogP contribution in [0.25, 0.3) is 22.0 Å². The van der Waals surface area contributed by atoms with Crippen molar-refractivity contribution in [3.63, 3.8) is 0 Å². The molecule has 0 saturated carbocycles. The number of aliphatic hydroxyl groups is 1. The van der Waals surface area contributed by atoms with Gasteiger partial charge in [0.05, 0.1) is 6.54 Å². The zero-order chi connectivity index (χ0) is 17.6. The molecule has 135 valence electrons. The molecule has 0 aliphatic rings. The molecule has 2 N–H and O–H groups in total. The molecule has 2 aromatic carbocycles. The monoisotopic (exact) mass is 524 g/mol. The van der Waals surface area contributed by atoms with Crippen LogP contribution in [-0.2, 0) is 31.4 Å². The smallest absolute Gasteiger partial charge is 0.155 e. The summed E-state index contributed by atoms with van der Waals surface area (Å²) in [7, 11) is 0. The van der Waals surface area contributed by atoms with Crippen molar-refractivity contribution in [1.82, 2.24) is 10.3 Å². The first-order chi connectivity index (χ1) is 12.1. The SMILES string of the molecule is CC(=O)C=C(O)CNCc1cc2ccccc2c(-c2[c-]cccc2)n1.[Ir]. The standard InChI is InChI=1S/C21H19N2O2.Ir/c1-15(24)11-19(25)14-22-13-18-12-17-9-5-6-10-20(17)21(23-18)16-7-3-2-4-8-16;/h2-7,9-12,22,25H,13-14H2,1H3;/q-1;. The summed E-state index contributed by atoms with van der Waals surface area (Å²) in [5.41, 5.74) is 2.69. The predicted octanol–water partition coefficient (Wildman–Crippen LogP) is 3.82. The Morgan fingerprint density at radius 2 is 2.00 bits per heavy atom. The molecule has 0 spiro atoms. The summed E-state index contributed by atoms with van der Waals surface area (Å²) in [4.78, 5) is 15.7. The summed E-state index contributed by atoms with van der Waals surface area (Å²) < 4.78 is 0. The summed E-state index contributed by atoms with van der Waals surface area (Å²) in [5, 5.41) is 14.9. The molecule has 0 bridgehead atoms. The van der Waals surface area contributed by atoms with Gasteiger partial charge in [-0.2, -0.15) is 0 Å². The van der Waals surface area contributed by atoms with Gasteiger partial charge >= 0.3 is 0 Å². The Labute approximate surface area is 166 Å². The first-order valence-corrected chi connectivity index (χ1v) is 8.10. The normalized spacial score (nSPS) is 11.2. The Morgan fingerprint density at radius 1 is 1.23 bits per heavy atom. The number of allylic oxidation sites excluding steroid dienone is 1. The van der Waals surface area contributed by atoms with Crippen molar-refractivity contribution in [3.05, 3.63) is 78.2 Å². The first kappa shape index (κ1) is 20.0. The molecule has 26 heavy (non-hydrogen) atoms. The quantitative estimate of drug-likeness (QED) is 0.293. The van der Waals surface area contributed by atoms with Crippen LogP contribution in [0.15, 0.2) is 66.4 Å². The Balaban J connectivity index is 0.00000243. The van der Waals surface area contributed by atoms with Gasteiger partial charge in [-0.15, -0.1) is 35.9 Å². The van der Waals surface area contributed by atoms with Crippen LogP contribution in [0.5, 0.6) is 0 Å². The minimum Gasteiger partial charge on any atom is -0.511 e. The van der Waals surface area contributed by atoms with Crippen LogP contribution in [0, 0.1) is 6.07 Å². The predicted molar refractivity (Wildman–Crippen MR) is 99.1 cm³/mol. The fourth-order valence-electron chi connectivity index (χ4n) is 2.69. The molecular formula is C21H19IrN2O2-. The molecule has 1 radical (unpaired) electrons. The zero-order valence-electron chi connectivity index (χ0n) is 14.3. The second kappa shape index (κ2) is 9.39. The third kappa shape index (κ3) is 5.08.